The lowest BCUT2D eigenvalue weighted by Crippen LogP contribution is -2.38. The molecule has 1 aromatic carbocycles. The fraction of sp³-hybridized carbons (Fsp3) is 0.350. The molecule has 3 rings (SSSR count). The molecule has 1 aromatic heterocycles. The number of nitrogens with one attached hydrogen (secondary N) is 2. The van der Waals surface area contributed by atoms with Crippen molar-refractivity contribution in [3.8, 4) is 0 Å². The quantitative estimate of drug-likeness (QED) is 0.303. The number of halogens is 2. The molecule has 0 aliphatic carbocycles. The summed E-state index contributed by atoms with van der Waals surface area (Å²) in [5, 5.41) is 7.44. The molecule has 1 aliphatic heterocycles. The largest absolute Gasteiger partial charge is 0.356 e. The van der Waals surface area contributed by atoms with E-state index >= 15 is 0 Å². The second-order valence-corrected chi connectivity index (χ2v) is 7.47. The van der Waals surface area contributed by atoms with Crippen molar-refractivity contribution in [2.24, 2.45) is 12.0 Å². The van der Waals surface area contributed by atoms with E-state index in [-0.39, 0.29) is 11.8 Å². The molecule has 0 radical (unpaired) electrons. The summed E-state index contributed by atoms with van der Waals surface area (Å²) in [6, 6.07) is 8.74. The number of carbonyl (C=O) groups excluding carboxylic acids is 2. The fourth-order valence-corrected chi connectivity index (χ4v) is 3.61. The number of aromatic nitrogens is 1. The highest BCUT2D eigenvalue weighted by molar-refractivity contribution is 6.41. The van der Waals surface area contributed by atoms with E-state index in [9.17, 15) is 9.59 Å². The van der Waals surface area contributed by atoms with Crippen molar-refractivity contribution < 1.29 is 9.59 Å². The molecule has 0 bridgehead atoms. The molecule has 2 heterocycles. The van der Waals surface area contributed by atoms with Gasteiger partial charge in [0.25, 0.3) is 11.8 Å². The Hall–Kier alpha value is -2.51. The number of amides is 2. The number of benzene rings is 1. The minimum absolute atomic E-state index is 0.212. The number of fused-ring (bicyclic) bond motifs is 1. The van der Waals surface area contributed by atoms with Crippen LogP contribution < -0.4 is 10.6 Å². The average Bonchev–Trinajstić information content (AvgIpc) is 3.12. The summed E-state index contributed by atoms with van der Waals surface area (Å²) < 4.78 is 1.81. The number of guanidine groups is 1. The van der Waals surface area contributed by atoms with E-state index < -0.39 is 0 Å². The van der Waals surface area contributed by atoms with Gasteiger partial charge in [-0.1, -0.05) is 35.3 Å². The van der Waals surface area contributed by atoms with Gasteiger partial charge >= 0.3 is 0 Å². The molecule has 1 aliphatic rings. The number of aliphatic imine (C=N–C) groups is 1. The van der Waals surface area contributed by atoms with Gasteiger partial charge in [0, 0.05) is 32.9 Å². The van der Waals surface area contributed by atoms with E-state index in [4.69, 9.17) is 23.2 Å². The Labute approximate surface area is 179 Å². The summed E-state index contributed by atoms with van der Waals surface area (Å²) in [6.07, 6.45) is 1.49. The highest BCUT2D eigenvalue weighted by Gasteiger charge is 2.34. The molecule has 0 unspecified atom stereocenters. The normalized spacial score (nSPS) is 13.8. The van der Waals surface area contributed by atoms with Crippen molar-refractivity contribution in [3.05, 3.63) is 57.3 Å². The lowest BCUT2D eigenvalue weighted by atomic mass is 10.1. The first-order valence-corrected chi connectivity index (χ1v) is 10.1. The predicted octanol–water partition coefficient (Wildman–Crippen LogP) is 3.07. The minimum atomic E-state index is -0.212. The second-order valence-electron chi connectivity index (χ2n) is 6.70. The van der Waals surface area contributed by atoms with Crippen LogP contribution in [0, 0.1) is 0 Å². The smallest absolute Gasteiger partial charge is 0.261 e. The Balaban J connectivity index is 1.40. The van der Waals surface area contributed by atoms with Gasteiger partial charge in [-0.05, 0) is 31.0 Å². The number of unbranched alkanes of at least 4 members (excludes halogenated alkanes) is 1. The Morgan fingerprint density at radius 3 is 2.28 bits per heavy atom. The monoisotopic (exact) mass is 435 g/mol. The lowest BCUT2D eigenvalue weighted by molar-refractivity contribution is 0.0652. The van der Waals surface area contributed by atoms with E-state index in [1.807, 2.05) is 17.7 Å². The van der Waals surface area contributed by atoms with Crippen LogP contribution in [0.25, 0.3) is 0 Å². The first kappa shape index (κ1) is 21.2. The minimum Gasteiger partial charge on any atom is -0.356 e. The van der Waals surface area contributed by atoms with Crippen molar-refractivity contribution in [2.45, 2.75) is 19.4 Å². The molecule has 9 heteroatoms. The van der Waals surface area contributed by atoms with E-state index in [0.29, 0.717) is 53.3 Å². The highest BCUT2D eigenvalue weighted by atomic mass is 35.5. The van der Waals surface area contributed by atoms with Gasteiger partial charge in [0.15, 0.2) is 5.96 Å². The first-order chi connectivity index (χ1) is 13.9. The van der Waals surface area contributed by atoms with Crippen molar-refractivity contribution in [2.75, 3.05) is 20.1 Å². The van der Waals surface area contributed by atoms with Crippen LogP contribution in [0.1, 0.15) is 39.3 Å². The molecule has 0 saturated heterocycles. The van der Waals surface area contributed by atoms with Crippen molar-refractivity contribution >= 4 is 41.0 Å². The van der Waals surface area contributed by atoms with Gasteiger partial charge in [-0.25, -0.2) is 0 Å². The molecule has 154 valence electrons. The van der Waals surface area contributed by atoms with Crippen LogP contribution in [0.4, 0.5) is 0 Å². The summed E-state index contributed by atoms with van der Waals surface area (Å²) in [4.78, 5) is 30.2. The van der Waals surface area contributed by atoms with Crippen molar-refractivity contribution in [1.29, 1.82) is 0 Å². The summed E-state index contributed by atoms with van der Waals surface area (Å²) in [6.45, 7) is 1.59. The molecule has 0 spiro atoms. The highest BCUT2D eigenvalue weighted by Crippen LogP contribution is 2.25. The summed E-state index contributed by atoms with van der Waals surface area (Å²) in [7, 11) is 3.54. The van der Waals surface area contributed by atoms with E-state index in [0.717, 1.165) is 12.1 Å². The van der Waals surface area contributed by atoms with Crippen LogP contribution in [0.15, 0.2) is 35.3 Å². The molecule has 2 amide bonds. The maximum atomic E-state index is 12.3. The van der Waals surface area contributed by atoms with Gasteiger partial charge in [-0.3, -0.25) is 19.5 Å². The maximum Gasteiger partial charge on any atom is 0.261 e. The average molecular weight is 436 g/mol. The zero-order valence-electron chi connectivity index (χ0n) is 16.3. The number of hydrogen-bond donors (Lipinski definition) is 2. The summed E-state index contributed by atoms with van der Waals surface area (Å²) in [5.41, 5.74) is 1.91. The van der Waals surface area contributed by atoms with Crippen molar-refractivity contribution in [1.82, 2.24) is 20.1 Å². The number of nitrogens with zero attached hydrogens (tertiary/aromatic N) is 3. The van der Waals surface area contributed by atoms with Gasteiger partial charge in [-0.2, -0.15) is 0 Å². The Bertz CT molecular complexity index is 919. The number of rotatable bonds is 7. The van der Waals surface area contributed by atoms with Crippen LogP contribution in [-0.4, -0.2) is 47.4 Å². The predicted molar refractivity (Wildman–Crippen MR) is 115 cm³/mol. The number of hydrogen-bond acceptors (Lipinski definition) is 3. The summed E-state index contributed by atoms with van der Waals surface area (Å²) in [5.74, 6) is 0.228. The standard InChI is InChI=1S/C20H23Cl2N5O2/c1-23-20(25-12-13-11-16(21)17(22)26(13)2)24-9-5-6-10-27-18(28)14-7-3-4-8-15(14)19(27)29/h3-4,7-8,11H,5-6,9-10,12H2,1-2H3,(H2,23,24,25). The Morgan fingerprint density at radius 1 is 1.07 bits per heavy atom. The SMILES string of the molecule is CN=C(NCCCCN1C(=O)c2ccccc2C1=O)NCc1cc(Cl)c(Cl)n1C. The van der Waals surface area contributed by atoms with Gasteiger partial charge < -0.3 is 15.2 Å². The van der Waals surface area contributed by atoms with Crippen LogP contribution in [0.3, 0.4) is 0 Å². The van der Waals surface area contributed by atoms with Gasteiger partial charge in [0.05, 0.1) is 22.7 Å². The second kappa shape index (κ2) is 9.33. The molecule has 7 nitrogen and oxygen atoms in total. The third-order valence-electron chi connectivity index (χ3n) is 4.86. The molecule has 2 aromatic rings. The van der Waals surface area contributed by atoms with Crippen LogP contribution in [0.2, 0.25) is 10.2 Å². The molecular weight excluding hydrogens is 413 g/mol. The molecule has 0 saturated carbocycles. The van der Waals surface area contributed by atoms with Crippen molar-refractivity contribution in [3.63, 3.8) is 0 Å². The van der Waals surface area contributed by atoms with E-state index in [1.165, 1.54) is 4.90 Å². The molecule has 0 fully saturated rings. The zero-order valence-corrected chi connectivity index (χ0v) is 17.8. The molecule has 29 heavy (non-hydrogen) atoms. The van der Waals surface area contributed by atoms with Crippen LogP contribution >= 0.6 is 23.2 Å². The van der Waals surface area contributed by atoms with Gasteiger partial charge in [0.1, 0.15) is 5.15 Å². The fourth-order valence-electron chi connectivity index (χ4n) is 3.20. The number of carbonyl (C=O) groups is 2. The molecule has 0 atom stereocenters. The summed E-state index contributed by atoms with van der Waals surface area (Å²) >= 11 is 12.1. The Morgan fingerprint density at radius 2 is 1.72 bits per heavy atom. The molecule has 2 N–H and O–H groups in total. The van der Waals surface area contributed by atoms with Gasteiger partial charge in [-0.15, -0.1) is 0 Å². The third kappa shape index (κ3) is 4.57. The maximum absolute atomic E-state index is 12.3. The molecular formula is C20H23Cl2N5O2. The Kier molecular flexibility index (Phi) is 6.82. The lowest BCUT2D eigenvalue weighted by Gasteiger charge is -2.15. The first-order valence-electron chi connectivity index (χ1n) is 9.33. The van der Waals surface area contributed by atoms with Crippen LogP contribution in [0.5, 0.6) is 0 Å². The van der Waals surface area contributed by atoms with Gasteiger partial charge in [0.2, 0.25) is 0 Å². The van der Waals surface area contributed by atoms with Crippen LogP contribution in [-0.2, 0) is 13.6 Å². The number of imide groups is 1. The van der Waals surface area contributed by atoms with E-state index in [1.54, 1.807) is 31.3 Å². The third-order valence-corrected chi connectivity index (χ3v) is 5.70. The zero-order chi connectivity index (χ0) is 21.0. The van der Waals surface area contributed by atoms with E-state index in [2.05, 4.69) is 15.6 Å². The topological polar surface area (TPSA) is 78.7 Å².